The fraction of sp³-hybridized carbons (Fsp3) is 0.286. The van der Waals surface area contributed by atoms with E-state index in [2.05, 4.69) is 48.6 Å². The van der Waals surface area contributed by atoms with E-state index < -0.39 is 0 Å². The molecule has 2 rings (SSSR count). The Morgan fingerprint density at radius 3 is 2.39 bits per heavy atom. The first-order chi connectivity index (χ1) is 8.63. The molecule has 0 amide bonds. The summed E-state index contributed by atoms with van der Waals surface area (Å²) in [6.45, 7) is 1.59. The molecule has 4 heteroatoms. The van der Waals surface area contributed by atoms with Gasteiger partial charge in [0.05, 0.1) is 6.54 Å². The van der Waals surface area contributed by atoms with Crippen LogP contribution in [-0.4, -0.2) is 19.0 Å². The monoisotopic (exact) mass is 264 g/mol. The maximum atomic E-state index is 5.71. The van der Waals surface area contributed by atoms with Crippen LogP contribution in [0.1, 0.15) is 11.3 Å². The third-order valence-corrected chi connectivity index (χ3v) is 2.75. The highest BCUT2D eigenvalue weighted by Crippen LogP contribution is 2.16. The van der Waals surface area contributed by atoms with Crippen LogP contribution in [-0.2, 0) is 13.1 Å². The molecule has 1 aromatic carbocycles. The predicted molar refractivity (Wildman–Crippen MR) is 74.9 cm³/mol. The third-order valence-electron chi connectivity index (χ3n) is 2.55. The Morgan fingerprint density at radius 1 is 1.11 bits per heavy atom. The highest BCUT2D eigenvalue weighted by Gasteiger charge is 2.00. The Hall–Kier alpha value is -1.45. The van der Waals surface area contributed by atoms with E-state index in [4.69, 9.17) is 16.0 Å². The average molecular weight is 265 g/mol. The molecule has 0 spiro atoms. The number of halogens is 1. The molecular formula is C14H17ClN2O. The number of rotatable bonds is 5. The smallest absolute Gasteiger partial charge is 0.193 e. The molecule has 0 fully saturated rings. The summed E-state index contributed by atoms with van der Waals surface area (Å²) in [5, 5.41) is 3.71. The van der Waals surface area contributed by atoms with Gasteiger partial charge >= 0.3 is 0 Å². The van der Waals surface area contributed by atoms with Gasteiger partial charge in [0, 0.05) is 12.2 Å². The van der Waals surface area contributed by atoms with Crippen molar-refractivity contribution in [1.82, 2.24) is 4.90 Å². The number of anilines is 1. The van der Waals surface area contributed by atoms with Crippen molar-refractivity contribution in [2.45, 2.75) is 13.1 Å². The molecular weight excluding hydrogens is 248 g/mol. The summed E-state index contributed by atoms with van der Waals surface area (Å²) in [5.41, 5.74) is 2.37. The SMILES string of the molecule is CN(C)Cc1ccc(NCc2ccc(Cl)o2)cc1. The third kappa shape index (κ3) is 3.79. The van der Waals surface area contributed by atoms with E-state index in [0.717, 1.165) is 18.0 Å². The highest BCUT2D eigenvalue weighted by atomic mass is 35.5. The zero-order valence-electron chi connectivity index (χ0n) is 10.6. The Kier molecular flexibility index (Phi) is 4.28. The Bertz CT molecular complexity index is 491. The first-order valence-electron chi connectivity index (χ1n) is 5.85. The summed E-state index contributed by atoms with van der Waals surface area (Å²) >= 11 is 5.71. The summed E-state index contributed by atoms with van der Waals surface area (Å²) in [6.07, 6.45) is 0. The minimum absolute atomic E-state index is 0.424. The summed E-state index contributed by atoms with van der Waals surface area (Å²) in [4.78, 5) is 2.15. The number of benzene rings is 1. The molecule has 0 unspecified atom stereocenters. The van der Waals surface area contributed by atoms with Crippen LogP contribution in [0.4, 0.5) is 5.69 Å². The fourth-order valence-corrected chi connectivity index (χ4v) is 1.89. The fourth-order valence-electron chi connectivity index (χ4n) is 1.73. The molecule has 0 aliphatic rings. The highest BCUT2D eigenvalue weighted by molar-refractivity contribution is 6.28. The van der Waals surface area contributed by atoms with Crippen LogP contribution in [0.15, 0.2) is 40.8 Å². The van der Waals surface area contributed by atoms with Crippen LogP contribution in [0.2, 0.25) is 5.22 Å². The molecule has 18 heavy (non-hydrogen) atoms. The number of furan rings is 1. The van der Waals surface area contributed by atoms with Gasteiger partial charge in [-0.05, 0) is 55.5 Å². The lowest BCUT2D eigenvalue weighted by molar-refractivity contribution is 0.402. The van der Waals surface area contributed by atoms with E-state index in [1.807, 2.05) is 6.07 Å². The van der Waals surface area contributed by atoms with Gasteiger partial charge in [0.15, 0.2) is 5.22 Å². The van der Waals surface area contributed by atoms with Crippen molar-refractivity contribution >= 4 is 17.3 Å². The second-order valence-electron chi connectivity index (χ2n) is 4.49. The molecule has 96 valence electrons. The zero-order valence-corrected chi connectivity index (χ0v) is 11.4. The molecule has 0 radical (unpaired) electrons. The molecule has 3 nitrogen and oxygen atoms in total. The molecule has 0 aliphatic heterocycles. The predicted octanol–water partition coefficient (Wildman–Crippen LogP) is 3.61. The lowest BCUT2D eigenvalue weighted by Gasteiger charge is -2.10. The van der Waals surface area contributed by atoms with Crippen molar-refractivity contribution in [3.8, 4) is 0 Å². The minimum Gasteiger partial charge on any atom is -0.448 e. The van der Waals surface area contributed by atoms with Crippen molar-refractivity contribution in [1.29, 1.82) is 0 Å². The summed E-state index contributed by atoms with van der Waals surface area (Å²) in [7, 11) is 4.12. The van der Waals surface area contributed by atoms with Gasteiger partial charge in [0.1, 0.15) is 5.76 Å². The van der Waals surface area contributed by atoms with Crippen molar-refractivity contribution in [3.05, 3.63) is 52.9 Å². The van der Waals surface area contributed by atoms with Crippen LogP contribution < -0.4 is 5.32 Å². The van der Waals surface area contributed by atoms with E-state index in [1.165, 1.54) is 5.56 Å². The van der Waals surface area contributed by atoms with Crippen LogP contribution in [0.3, 0.4) is 0 Å². The van der Waals surface area contributed by atoms with Gasteiger partial charge in [0.2, 0.25) is 0 Å². The number of hydrogen-bond acceptors (Lipinski definition) is 3. The topological polar surface area (TPSA) is 28.4 Å². The summed E-state index contributed by atoms with van der Waals surface area (Å²) in [5.74, 6) is 0.831. The van der Waals surface area contributed by atoms with Crippen molar-refractivity contribution < 1.29 is 4.42 Å². The Balaban J connectivity index is 1.90. The molecule has 0 saturated carbocycles. The van der Waals surface area contributed by atoms with Crippen LogP contribution >= 0.6 is 11.6 Å². The van der Waals surface area contributed by atoms with Gasteiger partial charge in [-0.1, -0.05) is 12.1 Å². The van der Waals surface area contributed by atoms with Gasteiger partial charge in [-0.3, -0.25) is 0 Å². The second kappa shape index (κ2) is 5.94. The van der Waals surface area contributed by atoms with Gasteiger partial charge in [-0.25, -0.2) is 0 Å². The molecule has 0 atom stereocenters. The maximum absolute atomic E-state index is 5.71. The molecule has 2 aromatic rings. The lowest BCUT2D eigenvalue weighted by atomic mass is 10.2. The van der Waals surface area contributed by atoms with Crippen molar-refractivity contribution in [2.75, 3.05) is 19.4 Å². The Morgan fingerprint density at radius 2 is 1.83 bits per heavy atom. The molecule has 0 aliphatic carbocycles. The van der Waals surface area contributed by atoms with E-state index in [0.29, 0.717) is 11.8 Å². The molecule has 1 N–H and O–H groups in total. The Labute approximate surface area is 112 Å². The van der Waals surface area contributed by atoms with Gasteiger partial charge in [0.25, 0.3) is 0 Å². The lowest BCUT2D eigenvalue weighted by Crippen LogP contribution is -2.10. The quantitative estimate of drug-likeness (QED) is 0.894. The number of nitrogens with one attached hydrogen (secondary N) is 1. The minimum atomic E-state index is 0.424. The molecule has 1 aromatic heterocycles. The maximum Gasteiger partial charge on any atom is 0.193 e. The van der Waals surface area contributed by atoms with Crippen LogP contribution in [0.5, 0.6) is 0 Å². The van der Waals surface area contributed by atoms with E-state index in [1.54, 1.807) is 6.07 Å². The second-order valence-corrected chi connectivity index (χ2v) is 4.87. The molecule has 1 heterocycles. The normalized spacial score (nSPS) is 10.9. The average Bonchev–Trinajstić information content (AvgIpc) is 2.74. The van der Waals surface area contributed by atoms with E-state index in [-0.39, 0.29) is 0 Å². The standard InChI is InChI=1S/C14H17ClN2O/c1-17(2)10-11-3-5-12(6-4-11)16-9-13-7-8-14(15)18-13/h3-8,16H,9-10H2,1-2H3. The van der Waals surface area contributed by atoms with Gasteiger partial charge in [-0.2, -0.15) is 0 Å². The zero-order chi connectivity index (χ0) is 13.0. The molecule has 0 saturated heterocycles. The van der Waals surface area contributed by atoms with Crippen molar-refractivity contribution in [3.63, 3.8) is 0 Å². The van der Waals surface area contributed by atoms with Crippen molar-refractivity contribution in [2.24, 2.45) is 0 Å². The van der Waals surface area contributed by atoms with E-state index >= 15 is 0 Å². The van der Waals surface area contributed by atoms with Crippen LogP contribution in [0, 0.1) is 0 Å². The summed E-state index contributed by atoms with van der Waals surface area (Å²) < 4.78 is 5.28. The van der Waals surface area contributed by atoms with Crippen LogP contribution in [0.25, 0.3) is 0 Å². The number of hydrogen-bond donors (Lipinski definition) is 1. The largest absolute Gasteiger partial charge is 0.448 e. The van der Waals surface area contributed by atoms with Gasteiger partial charge < -0.3 is 14.6 Å². The first-order valence-corrected chi connectivity index (χ1v) is 6.23. The first kappa shape index (κ1) is 13.0. The van der Waals surface area contributed by atoms with Gasteiger partial charge in [-0.15, -0.1) is 0 Å². The number of nitrogens with zero attached hydrogens (tertiary/aromatic N) is 1. The molecule has 0 bridgehead atoms. The summed E-state index contributed by atoms with van der Waals surface area (Å²) in [6, 6.07) is 12.0. The van der Waals surface area contributed by atoms with E-state index in [9.17, 15) is 0 Å².